The van der Waals surface area contributed by atoms with E-state index < -0.39 is 0 Å². The van der Waals surface area contributed by atoms with Crippen LogP contribution >= 0.6 is 0 Å². The fraction of sp³-hybridized carbons (Fsp3) is 0.0909. The van der Waals surface area contributed by atoms with Crippen LogP contribution in [0.15, 0.2) is 30.7 Å². The lowest BCUT2D eigenvalue weighted by Crippen LogP contribution is -2.09. The summed E-state index contributed by atoms with van der Waals surface area (Å²) in [6.45, 7) is 0. The molecule has 1 heterocycles. The molecule has 0 unspecified atom stereocenters. The molecule has 78 valence electrons. The summed E-state index contributed by atoms with van der Waals surface area (Å²) < 4.78 is 0. The third kappa shape index (κ3) is 2.12. The van der Waals surface area contributed by atoms with E-state index in [1.54, 1.807) is 30.5 Å². The number of nitrogens with zero attached hydrogens (tertiary/aromatic N) is 3. The summed E-state index contributed by atoms with van der Waals surface area (Å²) >= 11 is 0. The van der Waals surface area contributed by atoms with Crippen molar-refractivity contribution in [1.29, 1.82) is 5.26 Å². The van der Waals surface area contributed by atoms with Crippen LogP contribution in [-0.2, 0) is 4.79 Å². The van der Waals surface area contributed by atoms with Gasteiger partial charge < -0.3 is 5.32 Å². The largest absolute Gasteiger partial charge is 0.325 e. The highest BCUT2D eigenvalue weighted by molar-refractivity contribution is 5.94. The summed E-state index contributed by atoms with van der Waals surface area (Å²) in [6.07, 6.45) is 2.99. The van der Waals surface area contributed by atoms with Crippen molar-refractivity contribution in [1.82, 2.24) is 9.97 Å². The van der Waals surface area contributed by atoms with Gasteiger partial charge in [0.2, 0.25) is 5.91 Å². The molecule has 0 aliphatic heterocycles. The summed E-state index contributed by atoms with van der Waals surface area (Å²) in [6, 6.07) is 7.09. The number of anilines is 1. The van der Waals surface area contributed by atoms with Crippen molar-refractivity contribution in [3.8, 4) is 6.07 Å². The fourth-order valence-corrected chi connectivity index (χ4v) is 1.34. The van der Waals surface area contributed by atoms with Crippen molar-refractivity contribution in [2.24, 2.45) is 0 Å². The molecule has 16 heavy (non-hydrogen) atoms. The number of hydrogen-bond acceptors (Lipinski definition) is 4. The molecule has 0 aliphatic rings. The number of fused-ring (bicyclic) bond motifs is 1. The number of nitriles is 1. The molecule has 0 fully saturated rings. The zero-order valence-electron chi connectivity index (χ0n) is 8.34. The van der Waals surface area contributed by atoms with Crippen LogP contribution in [0.1, 0.15) is 6.42 Å². The molecule has 0 saturated carbocycles. The molecule has 1 N–H and O–H groups in total. The monoisotopic (exact) mass is 212 g/mol. The maximum absolute atomic E-state index is 11.2. The Bertz CT molecular complexity index is 573. The third-order valence-electron chi connectivity index (χ3n) is 2.03. The van der Waals surface area contributed by atoms with Gasteiger partial charge in [0.05, 0.1) is 11.6 Å². The minimum atomic E-state index is -0.321. The molecule has 5 heteroatoms. The lowest BCUT2D eigenvalue weighted by Gasteiger charge is -2.03. The van der Waals surface area contributed by atoms with Crippen molar-refractivity contribution in [3.05, 3.63) is 30.7 Å². The van der Waals surface area contributed by atoms with Crippen LogP contribution in [0.5, 0.6) is 0 Å². The average Bonchev–Trinajstić information content (AvgIpc) is 2.29. The molecule has 0 atom stereocenters. The number of rotatable bonds is 2. The molecule has 1 amide bonds. The molecule has 0 aliphatic carbocycles. The van der Waals surface area contributed by atoms with Gasteiger partial charge in [-0.15, -0.1) is 0 Å². The van der Waals surface area contributed by atoms with Gasteiger partial charge in [0.15, 0.2) is 0 Å². The lowest BCUT2D eigenvalue weighted by molar-refractivity contribution is -0.115. The van der Waals surface area contributed by atoms with Crippen LogP contribution in [0, 0.1) is 11.3 Å². The highest BCUT2D eigenvalue weighted by atomic mass is 16.1. The number of aromatic nitrogens is 2. The molecule has 1 aromatic carbocycles. The molecule has 0 saturated heterocycles. The van der Waals surface area contributed by atoms with Crippen molar-refractivity contribution in [3.63, 3.8) is 0 Å². The first-order valence-electron chi connectivity index (χ1n) is 4.66. The minimum absolute atomic E-state index is 0.149. The normalized spacial score (nSPS) is 9.69. The van der Waals surface area contributed by atoms with Crippen molar-refractivity contribution in [2.75, 3.05) is 5.32 Å². The first kappa shape index (κ1) is 10.1. The number of benzene rings is 1. The Morgan fingerprint density at radius 1 is 1.50 bits per heavy atom. The van der Waals surface area contributed by atoms with Gasteiger partial charge in [0, 0.05) is 17.3 Å². The number of carbonyl (C=O) groups is 1. The number of amides is 1. The van der Waals surface area contributed by atoms with E-state index in [0.29, 0.717) is 5.69 Å². The van der Waals surface area contributed by atoms with E-state index >= 15 is 0 Å². The van der Waals surface area contributed by atoms with E-state index in [2.05, 4.69) is 15.3 Å². The molecular weight excluding hydrogens is 204 g/mol. The quantitative estimate of drug-likeness (QED) is 0.817. The topological polar surface area (TPSA) is 78.7 Å². The van der Waals surface area contributed by atoms with Gasteiger partial charge in [-0.05, 0) is 18.2 Å². The first-order chi connectivity index (χ1) is 7.79. The zero-order chi connectivity index (χ0) is 11.4. The van der Waals surface area contributed by atoms with Crippen LogP contribution in [0.2, 0.25) is 0 Å². The Hall–Kier alpha value is -2.48. The second kappa shape index (κ2) is 4.36. The third-order valence-corrected chi connectivity index (χ3v) is 2.03. The van der Waals surface area contributed by atoms with Crippen LogP contribution < -0.4 is 5.32 Å². The molecule has 5 nitrogen and oxygen atoms in total. The summed E-state index contributed by atoms with van der Waals surface area (Å²) in [7, 11) is 0. The molecule has 1 aromatic heterocycles. The second-order valence-electron chi connectivity index (χ2n) is 3.18. The van der Waals surface area contributed by atoms with E-state index in [9.17, 15) is 4.79 Å². The van der Waals surface area contributed by atoms with Crippen LogP contribution in [-0.4, -0.2) is 15.9 Å². The molecule has 0 spiro atoms. The SMILES string of the molecule is N#CCC(=O)Nc1ccc2ncncc2c1. The molecule has 2 aromatic rings. The van der Waals surface area contributed by atoms with E-state index in [-0.39, 0.29) is 12.3 Å². The fourth-order valence-electron chi connectivity index (χ4n) is 1.34. The van der Waals surface area contributed by atoms with E-state index in [4.69, 9.17) is 5.26 Å². The van der Waals surface area contributed by atoms with Crippen LogP contribution in [0.4, 0.5) is 5.69 Å². The Morgan fingerprint density at radius 2 is 2.38 bits per heavy atom. The summed E-state index contributed by atoms with van der Waals surface area (Å²) in [5.74, 6) is -0.321. The molecule has 0 bridgehead atoms. The van der Waals surface area contributed by atoms with Gasteiger partial charge in [0.1, 0.15) is 12.7 Å². The maximum Gasteiger partial charge on any atom is 0.238 e. The summed E-state index contributed by atoms with van der Waals surface area (Å²) in [4.78, 5) is 19.1. The zero-order valence-corrected chi connectivity index (χ0v) is 8.34. The van der Waals surface area contributed by atoms with E-state index in [0.717, 1.165) is 10.9 Å². The van der Waals surface area contributed by atoms with E-state index in [1.807, 2.05) is 0 Å². The van der Waals surface area contributed by atoms with Crippen molar-refractivity contribution in [2.45, 2.75) is 6.42 Å². The lowest BCUT2D eigenvalue weighted by atomic mass is 10.2. The van der Waals surface area contributed by atoms with Gasteiger partial charge in [-0.1, -0.05) is 0 Å². The predicted octanol–water partition coefficient (Wildman–Crippen LogP) is 1.48. The van der Waals surface area contributed by atoms with E-state index in [1.165, 1.54) is 6.33 Å². The summed E-state index contributed by atoms with van der Waals surface area (Å²) in [5, 5.41) is 11.8. The predicted molar refractivity (Wildman–Crippen MR) is 58.4 cm³/mol. The van der Waals surface area contributed by atoms with Crippen molar-refractivity contribution < 1.29 is 4.79 Å². The maximum atomic E-state index is 11.2. The van der Waals surface area contributed by atoms with Crippen LogP contribution in [0.3, 0.4) is 0 Å². The Labute approximate surface area is 91.8 Å². The van der Waals surface area contributed by atoms with Gasteiger partial charge >= 0.3 is 0 Å². The average molecular weight is 212 g/mol. The highest BCUT2D eigenvalue weighted by Gasteiger charge is 2.02. The standard InChI is InChI=1S/C11H8N4O/c12-4-3-11(16)15-9-1-2-10-8(5-9)6-13-7-14-10/h1-2,5-7H,3H2,(H,15,16). The van der Waals surface area contributed by atoms with Gasteiger partial charge in [-0.3, -0.25) is 4.79 Å². The van der Waals surface area contributed by atoms with Gasteiger partial charge in [0.25, 0.3) is 0 Å². The number of hydrogen-bond donors (Lipinski definition) is 1. The van der Waals surface area contributed by atoms with Crippen LogP contribution in [0.25, 0.3) is 10.9 Å². The Kier molecular flexibility index (Phi) is 2.74. The Balaban J connectivity index is 2.26. The number of nitrogens with one attached hydrogen (secondary N) is 1. The molecule has 0 radical (unpaired) electrons. The Morgan fingerprint density at radius 3 is 3.19 bits per heavy atom. The molecular formula is C11H8N4O. The smallest absolute Gasteiger partial charge is 0.238 e. The van der Waals surface area contributed by atoms with Gasteiger partial charge in [-0.25, -0.2) is 9.97 Å². The summed E-state index contributed by atoms with van der Waals surface area (Å²) in [5.41, 5.74) is 1.45. The minimum Gasteiger partial charge on any atom is -0.325 e. The van der Waals surface area contributed by atoms with Crippen molar-refractivity contribution >= 4 is 22.5 Å². The second-order valence-corrected chi connectivity index (χ2v) is 3.18. The number of carbonyl (C=O) groups excluding carboxylic acids is 1. The molecule has 2 rings (SSSR count). The van der Waals surface area contributed by atoms with Gasteiger partial charge in [-0.2, -0.15) is 5.26 Å². The first-order valence-corrected chi connectivity index (χ1v) is 4.66. The highest BCUT2D eigenvalue weighted by Crippen LogP contribution is 2.16.